The van der Waals surface area contributed by atoms with Crippen molar-refractivity contribution in [2.75, 3.05) is 0 Å². The second-order valence-electron chi connectivity index (χ2n) is 4.79. The van der Waals surface area contributed by atoms with Crippen LogP contribution in [0.4, 0.5) is 4.39 Å². The van der Waals surface area contributed by atoms with E-state index < -0.39 is 17.9 Å². The van der Waals surface area contributed by atoms with Crippen molar-refractivity contribution in [2.45, 2.75) is 25.5 Å². The molecule has 0 saturated heterocycles. The SMILES string of the molecule is O=C(O)c1nc(-c2cccc(F)c2)n2c1C(O)CCC2. The second kappa shape index (κ2) is 4.72. The zero-order valence-corrected chi connectivity index (χ0v) is 10.6. The van der Waals surface area contributed by atoms with Gasteiger partial charge in [-0.15, -0.1) is 0 Å². The van der Waals surface area contributed by atoms with Gasteiger partial charge in [-0.05, 0) is 25.0 Å². The van der Waals surface area contributed by atoms with E-state index in [1.807, 2.05) is 0 Å². The molecule has 1 aliphatic heterocycles. The van der Waals surface area contributed by atoms with Gasteiger partial charge < -0.3 is 14.8 Å². The highest BCUT2D eigenvalue weighted by Gasteiger charge is 2.30. The molecule has 3 rings (SSSR count). The fourth-order valence-electron chi connectivity index (χ4n) is 2.61. The molecule has 1 unspecified atom stereocenters. The van der Waals surface area contributed by atoms with Crippen LogP contribution < -0.4 is 0 Å². The molecule has 0 radical (unpaired) electrons. The number of aromatic carboxylic acids is 1. The molecule has 1 aliphatic rings. The predicted molar refractivity (Wildman–Crippen MR) is 68.8 cm³/mol. The molecule has 0 bridgehead atoms. The molecule has 1 aromatic carbocycles. The first-order valence-corrected chi connectivity index (χ1v) is 6.35. The smallest absolute Gasteiger partial charge is 0.356 e. The largest absolute Gasteiger partial charge is 0.476 e. The maximum absolute atomic E-state index is 13.3. The van der Waals surface area contributed by atoms with Gasteiger partial charge in [0.25, 0.3) is 0 Å². The minimum Gasteiger partial charge on any atom is -0.476 e. The molecule has 1 atom stereocenters. The summed E-state index contributed by atoms with van der Waals surface area (Å²) in [5.74, 6) is -1.21. The monoisotopic (exact) mass is 276 g/mol. The van der Waals surface area contributed by atoms with E-state index in [4.69, 9.17) is 0 Å². The Hall–Kier alpha value is -2.21. The van der Waals surface area contributed by atoms with E-state index in [0.717, 1.165) is 6.42 Å². The Bertz CT molecular complexity index is 681. The third kappa shape index (κ3) is 1.98. The van der Waals surface area contributed by atoms with E-state index in [-0.39, 0.29) is 5.69 Å². The lowest BCUT2D eigenvalue weighted by molar-refractivity contribution is 0.0677. The van der Waals surface area contributed by atoms with Gasteiger partial charge in [-0.25, -0.2) is 14.2 Å². The van der Waals surface area contributed by atoms with E-state index in [0.29, 0.717) is 30.0 Å². The number of hydrogen-bond donors (Lipinski definition) is 2. The van der Waals surface area contributed by atoms with Crippen molar-refractivity contribution in [1.29, 1.82) is 0 Å². The number of hydrogen-bond acceptors (Lipinski definition) is 3. The number of nitrogens with zero attached hydrogens (tertiary/aromatic N) is 2. The molecule has 2 heterocycles. The first-order chi connectivity index (χ1) is 9.58. The number of carboxylic acid groups (broad SMARTS) is 1. The number of carboxylic acids is 1. The van der Waals surface area contributed by atoms with Gasteiger partial charge in [-0.1, -0.05) is 12.1 Å². The molecule has 5 nitrogen and oxygen atoms in total. The summed E-state index contributed by atoms with van der Waals surface area (Å²) in [6, 6.07) is 5.84. The van der Waals surface area contributed by atoms with Crippen LogP contribution in [-0.2, 0) is 6.54 Å². The Labute approximate surface area is 114 Å². The average Bonchev–Trinajstić information content (AvgIpc) is 2.80. The number of benzene rings is 1. The minimum absolute atomic E-state index is 0.156. The number of rotatable bonds is 2. The number of fused-ring (bicyclic) bond motifs is 1. The van der Waals surface area contributed by atoms with Gasteiger partial charge in [0.2, 0.25) is 0 Å². The van der Waals surface area contributed by atoms with Gasteiger partial charge >= 0.3 is 5.97 Å². The highest BCUT2D eigenvalue weighted by molar-refractivity contribution is 5.88. The van der Waals surface area contributed by atoms with Gasteiger partial charge in [0.05, 0.1) is 11.8 Å². The first kappa shape index (κ1) is 12.8. The predicted octanol–water partition coefficient (Wildman–Crippen LogP) is 2.21. The van der Waals surface area contributed by atoms with E-state index in [9.17, 15) is 19.4 Å². The fourth-order valence-corrected chi connectivity index (χ4v) is 2.61. The molecule has 0 aliphatic carbocycles. The number of carbonyl (C=O) groups is 1. The Kier molecular flexibility index (Phi) is 3.02. The van der Waals surface area contributed by atoms with Crippen LogP contribution in [0, 0.1) is 5.82 Å². The molecule has 2 N–H and O–H groups in total. The average molecular weight is 276 g/mol. The van der Waals surface area contributed by atoms with Crippen LogP contribution in [0.25, 0.3) is 11.4 Å². The lowest BCUT2D eigenvalue weighted by Gasteiger charge is -2.21. The molecule has 0 fully saturated rings. The van der Waals surface area contributed by atoms with E-state index in [1.54, 1.807) is 16.7 Å². The molecular weight excluding hydrogens is 263 g/mol. The van der Waals surface area contributed by atoms with Crippen molar-refractivity contribution >= 4 is 5.97 Å². The normalized spacial score (nSPS) is 17.8. The van der Waals surface area contributed by atoms with Gasteiger partial charge in [0.15, 0.2) is 5.69 Å². The topological polar surface area (TPSA) is 75.3 Å². The minimum atomic E-state index is -1.18. The van der Waals surface area contributed by atoms with Crippen molar-refractivity contribution in [1.82, 2.24) is 9.55 Å². The summed E-state index contributed by atoms with van der Waals surface area (Å²) in [5.41, 5.74) is 0.660. The standard InChI is InChI=1S/C14H13FN2O3/c15-9-4-1-3-8(7-9)13-16-11(14(19)20)12-10(18)5-2-6-17(12)13/h1,3-4,7,10,18H,2,5-6H2,(H,19,20). The van der Waals surface area contributed by atoms with Crippen LogP contribution in [0.15, 0.2) is 24.3 Å². The van der Waals surface area contributed by atoms with Gasteiger partial charge in [-0.3, -0.25) is 0 Å². The summed E-state index contributed by atoms with van der Waals surface area (Å²) >= 11 is 0. The maximum atomic E-state index is 13.3. The molecule has 6 heteroatoms. The summed E-state index contributed by atoms with van der Waals surface area (Å²) in [4.78, 5) is 15.4. The molecule has 0 spiro atoms. The highest BCUT2D eigenvalue weighted by atomic mass is 19.1. The summed E-state index contributed by atoms with van der Waals surface area (Å²) < 4.78 is 15.0. The lowest BCUT2D eigenvalue weighted by atomic mass is 10.0. The highest BCUT2D eigenvalue weighted by Crippen LogP contribution is 2.33. The number of halogens is 1. The Morgan fingerprint density at radius 1 is 1.45 bits per heavy atom. The van der Waals surface area contributed by atoms with Crippen LogP contribution in [0.2, 0.25) is 0 Å². The fraction of sp³-hybridized carbons (Fsp3) is 0.286. The van der Waals surface area contributed by atoms with Crippen LogP contribution in [-0.4, -0.2) is 25.7 Å². The zero-order valence-electron chi connectivity index (χ0n) is 10.6. The van der Waals surface area contributed by atoms with E-state index >= 15 is 0 Å². The molecular formula is C14H13FN2O3. The summed E-state index contributed by atoms with van der Waals surface area (Å²) in [5, 5.41) is 19.2. The summed E-state index contributed by atoms with van der Waals surface area (Å²) in [6.45, 7) is 0.568. The van der Waals surface area contributed by atoms with Crippen molar-refractivity contribution in [3.63, 3.8) is 0 Å². The molecule has 1 aromatic heterocycles. The van der Waals surface area contributed by atoms with Crippen molar-refractivity contribution < 1.29 is 19.4 Å². The van der Waals surface area contributed by atoms with Crippen LogP contribution in [0.3, 0.4) is 0 Å². The van der Waals surface area contributed by atoms with Gasteiger partial charge in [0, 0.05) is 12.1 Å². The van der Waals surface area contributed by atoms with Crippen LogP contribution >= 0.6 is 0 Å². The Morgan fingerprint density at radius 2 is 2.25 bits per heavy atom. The summed E-state index contributed by atoms with van der Waals surface area (Å²) in [7, 11) is 0. The van der Waals surface area contributed by atoms with Gasteiger partial charge in [-0.2, -0.15) is 0 Å². The lowest BCUT2D eigenvalue weighted by Crippen LogP contribution is -2.18. The number of aliphatic hydroxyl groups is 1. The van der Waals surface area contributed by atoms with Crippen molar-refractivity contribution in [3.8, 4) is 11.4 Å². The molecule has 0 amide bonds. The first-order valence-electron chi connectivity index (χ1n) is 6.35. The summed E-state index contributed by atoms with van der Waals surface area (Å²) in [6.07, 6.45) is 0.394. The van der Waals surface area contributed by atoms with E-state index in [1.165, 1.54) is 12.1 Å². The van der Waals surface area contributed by atoms with Crippen molar-refractivity contribution in [3.05, 3.63) is 41.5 Å². The second-order valence-corrected chi connectivity index (χ2v) is 4.79. The Balaban J connectivity index is 2.22. The number of imidazole rings is 1. The van der Waals surface area contributed by atoms with Gasteiger partial charge in [0.1, 0.15) is 11.6 Å². The molecule has 20 heavy (non-hydrogen) atoms. The third-order valence-corrected chi connectivity index (χ3v) is 3.47. The van der Waals surface area contributed by atoms with Crippen LogP contribution in [0.5, 0.6) is 0 Å². The maximum Gasteiger partial charge on any atom is 0.356 e. The zero-order chi connectivity index (χ0) is 14.3. The molecule has 0 saturated carbocycles. The van der Waals surface area contributed by atoms with Crippen molar-refractivity contribution in [2.24, 2.45) is 0 Å². The number of aromatic nitrogens is 2. The number of aliphatic hydroxyl groups excluding tert-OH is 1. The quantitative estimate of drug-likeness (QED) is 0.881. The van der Waals surface area contributed by atoms with E-state index in [2.05, 4.69) is 4.98 Å². The third-order valence-electron chi connectivity index (χ3n) is 3.47. The Morgan fingerprint density at radius 3 is 2.95 bits per heavy atom. The molecule has 2 aromatic rings. The van der Waals surface area contributed by atoms with Crippen LogP contribution in [0.1, 0.15) is 35.1 Å². The molecule has 104 valence electrons.